The zero-order valence-corrected chi connectivity index (χ0v) is 16.8. The van der Waals surface area contributed by atoms with Crippen molar-refractivity contribution in [2.75, 3.05) is 20.2 Å². The molecule has 3 aromatic rings. The van der Waals surface area contributed by atoms with E-state index in [1.165, 1.54) is 0 Å². The normalized spacial score (nSPS) is 22.2. The van der Waals surface area contributed by atoms with Crippen LogP contribution in [0.4, 0.5) is 0 Å². The number of likely N-dealkylation sites (tertiary alicyclic amines) is 1. The summed E-state index contributed by atoms with van der Waals surface area (Å²) < 4.78 is 31.7. The predicted molar refractivity (Wildman–Crippen MR) is 109 cm³/mol. The minimum absolute atomic E-state index is 0.0265. The van der Waals surface area contributed by atoms with Crippen LogP contribution in [0.1, 0.15) is 17.2 Å². The number of sulfone groups is 1. The van der Waals surface area contributed by atoms with E-state index in [1.54, 1.807) is 25.6 Å². The maximum Gasteiger partial charge on any atom is 0.221 e. The Balaban J connectivity index is 1.50. The van der Waals surface area contributed by atoms with Crippen LogP contribution in [0.5, 0.6) is 5.88 Å². The van der Waals surface area contributed by atoms with E-state index in [4.69, 9.17) is 4.74 Å². The molecule has 1 aromatic carbocycles. The molecule has 1 fully saturated rings. The molecule has 0 aliphatic carbocycles. The maximum absolute atomic E-state index is 13.2. The fourth-order valence-electron chi connectivity index (χ4n) is 4.52. The molecule has 2 aliphatic rings. The van der Waals surface area contributed by atoms with Crippen molar-refractivity contribution in [3.8, 4) is 17.0 Å². The Labute approximate surface area is 170 Å². The lowest BCUT2D eigenvalue weighted by Crippen LogP contribution is -2.26. The highest BCUT2D eigenvalue weighted by molar-refractivity contribution is 7.92. The molecule has 6 nitrogen and oxygen atoms in total. The van der Waals surface area contributed by atoms with Gasteiger partial charge in [-0.2, -0.15) is 0 Å². The molecule has 29 heavy (non-hydrogen) atoms. The lowest BCUT2D eigenvalue weighted by atomic mass is 9.95. The molecule has 1 saturated heterocycles. The lowest BCUT2D eigenvalue weighted by Gasteiger charge is -2.17. The Bertz CT molecular complexity index is 1160. The summed E-state index contributed by atoms with van der Waals surface area (Å²) in [6.45, 7) is 1.90. The van der Waals surface area contributed by atoms with Crippen LogP contribution < -0.4 is 4.74 Å². The van der Waals surface area contributed by atoms with Gasteiger partial charge in [-0.25, -0.2) is 13.4 Å². The smallest absolute Gasteiger partial charge is 0.221 e. The predicted octanol–water partition coefficient (Wildman–Crippen LogP) is 2.91. The zero-order valence-electron chi connectivity index (χ0n) is 16.0. The summed E-state index contributed by atoms with van der Waals surface area (Å²) in [7, 11) is -1.74. The highest BCUT2D eigenvalue weighted by Gasteiger charge is 2.50. The fourth-order valence-corrected chi connectivity index (χ4v) is 6.71. The van der Waals surface area contributed by atoms with Crippen LogP contribution in [0.3, 0.4) is 0 Å². The third kappa shape index (κ3) is 3.01. The molecule has 0 amide bonds. The number of fused-ring (bicyclic) bond motifs is 3. The summed E-state index contributed by atoms with van der Waals surface area (Å²) in [5.74, 6) is 0.509. The Morgan fingerprint density at radius 1 is 1.07 bits per heavy atom. The number of rotatable bonds is 4. The van der Waals surface area contributed by atoms with Crippen molar-refractivity contribution in [1.29, 1.82) is 0 Å². The van der Waals surface area contributed by atoms with Gasteiger partial charge in [0.2, 0.25) is 5.88 Å². The summed E-state index contributed by atoms with van der Waals surface area (Å²) >= 11 is 0. The second-order valence-electron chi connectivity index (χ2n) is 7.52. The van der Waals surface area contributed by atoms with Crippen LogP contribution in [0, 0.1) is 0 Å². The SMILES string of the molecule is COc1ncccc1-c1ccc2c(c1)[C@@H]1CN(Cc3ccccn3)C[C@@H]1S2(=O)=O. The Morgan fingerprint density at radius 3 is 2.72 bits per heavy atom. The Morgan fingerprint density at radius 2 is 1.93 bits per heavy atom. The molecule has 7 heteroatoms. The van der Waals surface area contributed by atoms with Gasteiger partial charge in [0.05, 0.1) is 22.9 Å². The van der Waals surface area contributed by atoms with Gasteiger partial charge in [0.25, 0.3) is 0 Å². The number of nitrogens with zero attached hydrogens (tertiary/aromatic N) is 3. The van der Waals surface area contributed by atoms with E-state index >= 15 is 0 Å². The number of ether oxygens (including phenoxy) is 1. The fraction of sp³-hybridized carbons (Fsp3) is 0.273. The first-order valence-corrected chi connectivity index (χ1v) is 11.1. The molecule has 4 heterocycles. The van der Waals surface area contributed by atoms with Crippen molar-refractivity contribution in [2.45, 2.75) is 22.6 Å². The highest BCUT2D eigenvalue weighted by Crippen LogP contribution is 2.46. The molecule has 2 aliphatic heterocycles. The monoisotopic (exact) mass is 407 g/mol. The highest BCUT2D eigenvalue weighted by atomic mass is 32.2. The molecule has 2 aromatic heterocycles. The van der Waals surface area contributed by atoms with Gasteiger partial charge in [0, 0.05) is 43.5 Å². The quantitative estimate of drug-likeness (QED) is 0.662. The van der Waals surface area contributed by atoms with E-state index in [0.717, 1.165) is 22.4 Å². The number of aromatic nitrogens is 2. The molecule has 0 bridgehead atoms. The van der Waals surface area contributed by atoms with E-state index in [0.29, 0.717) is 30.4 Å². The van der Waals surface area contributed by atoms with Crippen molar-refractivity contribution >= 4 is 9.84 Å². The van der Waals surface area contributed by atoms with Crippen molar-refractivity contribution in [1.82, 2.24) is 14.9 Å². The van der Waals surface area contributed by atoms with E-state index in [-0.39, 0.29) is 5.92 Å². The number of hydrogen-bond acceptors (Lipinski definition) is 6. The van der Waals surface area contributed by atoms with Crippen LogP contribution in [0.25, 0.3) is 11.1 Å². The van der Waals surface area contributed by atoms with Gasteiger partial charge in [-0.1, -0.05) is 12.1 Å². The van der Waals surface area contributed by atoms with Crippen LogP contribution >= 0.6 is 0 Å². The summed E-state index contributed by atoms with van der Waals surface area (Å²) in [5, 5.41) is -0.396. The van der Waals surface area contributed by atoms with Gasteiger partial charge < -0.3 is 4.74 Å². The molecule has 0 unspecified atom stereocenters. The van der Waals surface area contributed by atoms with E-state index in [2.05, 4.69) is 14.9 Å². The second-order valence-corrected chi connectivity index (χ2v) is 9.65. The number of benzene rings is 1. The molecule has 5 rings (SSSR count). The van der Waals surface area contributed by atoms with E-state index < -0.39 is 15.1 Å². The van der Waals surface area contributed by atoms with Gasteiger partial charge >= 0.3 is 0 Å². The van der Waals surface area contributed by atoms with Gasteiger partial charge in [0.1, 0.15) is 0 Å². The molecule has 0 spiro atoms. The minimum Gasteiger partial charge on any atom is -0.481 e. The van der Waals surface area contributed by atoms with Gasteiger partial charge in [-0.3, -0.25) is 9.88 Å². The van der Waals surface area contributed by atoms with Crippen LogP contribution in [-0.4, -0.2) is 48.7 Å². The molecule has 0 radical (unpaired) electrons. The maximum atomic E-state index is 13.2. The number of pyridine rings is 2. The average Bonchev–Trinajstić information content (AvgIpc) is 3.26. The first-order valence-electron chi connectivity index (χ1n) is 9.57. The summed E-state index contributed by atoms with van der Waals surface area (Å²) in [4.78, 5) is 11.3. The van der Waals surface area contributed by atoms with Crippen LogP contribution in [-0.2, 0) is 16.4 Å². The third-order valence-corrected chi connectivity index (χ3v) is 8.10. The van der Waals surface area contributed by atoms with Crippen molar-refractivity contribution < 1.29 is 13.2 Å². The summed E-state index contributed by atoms with van der Waals surface area (Å²) in [6.07, 6.45) is 3.45. The number of hydrogen-bond donors (Lipinski definition) is 0. The molecule has 2 atom stereocenters. The van der Waals surface area contributed by atoms with E-state index in [9.17, 15) is 8.42 Å². The Hall–Kier alpha value is -2.77. The zero-order chi connectivity index (χ0) is 20.0. The topological polar surface area (TPSA) is 72.4 Å². The van der Waals surface area contributed by atoms with Crippen molar-refractivity contribution in [2.24, 2.45) is 0 Å². The van der Waals surface area contributed by atoms with Gasteiger partial charge in [0.15, 0.2) is 9.84 Å². The first-order chi connectivity index (χ1) is 14.1. The molecular formula is C22H21N3O3S. The van der Waals surface area contributed by atoms with E-state index in [1.807, 2.05) is 42.5 Å². The molecule has 0 N–H and O–H groups in total. The Kier molecular flexibility index (Phi) is 4.37. The lowest BCUT2D eigenvalue weighted by molar-refractivity contribution is 0.321. The summed E-state index contributed by atoms with van der Waals surface area (Å²) in [5.41, 5.74) is 3.65. The number of methoxy groups -OCH3 is 1. The minimum atomic E-state index is -3.33. The third-order valence-electron chi connectivity index (χ3n) is 5.84. The van der Waals surface area contributed by atoms with Gasteiger partial charge in [-0.15, -0.1) is 0 Å². The summed E-state index contributed by atoms with van der Waals surface area (Å²) in [6, 6.07) is 15.2. The largest absolute Gasteiger partial charge is 0.481 e. The molecule has 148 valence electrons. The second kappa shape index (κ2) is 6.93. The molecular weight excluding hydrogens is 386 g/mol. The van der Waals surface area contributed by atoms with Crippen LogP contribution in [0.2, 0.25) is 0 Å². The average molecular weight is 407 g/mol. The standard InChI is InChI=1S/C22H21N3O3S/c1-28-22-17(6-4-10-24-22)15-7-8-20-18(11-15)19-13-25(14-21(19)29(20,26)27)12-16-5-2-3-9-23-16/h2-11,19,21H,12-14H2,1H3/t19-,21-/m0/s1. The van der Waals surface area contributed by atoms with Crippen molar-refractivity contribution in [3.63, 3.8) is 0 Å². The van der Waals surface area contributed by atoms with Gasteiger partial charge in [-0.05, 0) is 47.5 Å². The van der Waals surface area contributed by atoms with Crippen LogP contribution in [0.15, 0.2) is 65.8 Å². The van der Waals surface area contributed by atoms with Crippen molar-refractivity contribution in [3.05, 3.63) is 72.2 Å². The molecule has 0 saturated carbocycles. The first kappa shape index (κ1) is 18.3.